The van der Waals surface area contributed by atoms with E-state index in [-0.39, 0.29) is 98.3 Å². The fourth-order valence-corrected chi connectivity index (χ4v) is 15.8. The molecule has 32 heteroatoms. The van der Waals surface area contributed by atoms with E-state index in [0.717, 1.165) is 113 Å². The molecule has 5 aromatic heterocycles. The number of nitrogens with one attached hydrogen (secondary N) is 5. The quantitative estimate of drug-likeness (QED) is 0.0285. The van der Waals surface area contributed by atoms with Crippen molar-refractivity contribution < 1.29 is 76.1 Å². The van der Waals surface area contributed by atoms with Gasteiger partial charge in [-0.2, -0.15) is 0 Å². The van der Waals surface area contributed by atoms with E-state index < -0.39 is 18.1 Å². The summed E-state index contributed by atoms with van der Waals surface area (Å²) < 4.78 is 53.9. The molecule has 15 rings (SSSR count). The fraction of sp³-hybridized carbons (Fsp3) is 0.536. The first-order chi connectivity index (χ1) is 56.1. The molecule has 5 N–H and O–H groups in total. The summed E-state index contributed by atoms with van der Waals surface area (Å²) in [5.74, 6) is 2.51. The van der Waals surface area contributed by atoms with Crippen molar-refractivity contribution in [2.24, 2.45) is 35.5 Å². The van der Waals surface area contributed by atoms with Crippen LogP contribution in [0.2, 0.25) is 5.02 Å². The molecule has 31 nitrogen and oxygen atoms in total. The van der Waals surface area contributed by atoms with E-state index in [4.69, 9.17) is 59.0 Å². The second-order valence-corrected chi connectivity index (χ2v) is 31.5. The van der Waals surface area contributed by atoms with Gasteiger partial charge in [0.05, 0.1) is 124 Å². The number of halogens is 1. The highest BCUT2D eigenvalue weighted by Gasteiger charge is 2.46. The zero-order valence-electron chi connectivity index (χ0n) is 68.2. The lowest BCUT2D eigenvalue weighted by molar-refractivity contribution is -0.148. The number of H-pyrrole nitrogens is 5. The number of imidazole rings is 5. The lowest BCUT2D eigenvalue weighted by atomic mass is 9.89. The average molecular weight is 1620 g/mol. The molecule has 5 amide bonds. The number of esters is 1. The predicted molar refractivity (Wildman–Crippen MR) is 428 cm³/mol. The van der Waals surface area contributed by atoms with Gasteiger partial charge in [-0.25, -0.2) is 53.7 Å². The summed E-state index contributed by atoms with van der Waals surface area (Å²) in [5.41, 5.74) is 10.9. The molecule has 8 atom stereocenters. The van der Waals surface area contributed by atoms with Gasteiger partial charge in [0.15, 0.2) is 0 Å². The standard InChI is InChI=1S/C19H23N3O4.C18H22ClN3O3.C18H23N3O3.C15H23N3O3.C14H21N3O3/c1-12(2)17-16-14(20-11-21-16)9-15(18(23)25-3)22(17)19(24)26-10-13-7-5-4-6-8-13;1-12(2)17-16-15(20-11-21-16)7-8-22(17)18(23)25-10-9-24-14-5-3-13(19)4-6-14;1-13(2)17-16-15(19-12-20-16)8-9-21(17)18(22)24-11-10-23-14-6-4-3-5-7-14;1-10(2)14-13-12(16-9-17-13)3-5-18(14)15(19)21-8-11-4-6-20-7-11;1-9(2)13-12-11(15-8-16-12)3-5-17(13)14(18)20-10-4-6-19-7-10/h4-8,11-12,15,17H,9-10H2,1-3H3,(H,20,21);3-6,11-12,17H,7-10H2,1-2H3,(H,20,21);3-7,12-13,17H,8-11H2,1-2H3,(H,19,20);9-11,14H,3-8H2,1-2H3,(H,16,17);8-10,13H,3-7H2,1-2H3,(H,15,16)/t15-,17-;;;;10-,13-/m0...0/s1. The van der Waals surface area contributed by atoms with Gasteiger partial charge in [0, 0.05) is 111 Å². The van der Waals surface area contributed by atoms with E-state index in [0.29, 0.717) is 101 Å². The molecule has 12 heterocycles. The van der Waals surface area contributed by atoms with Crippen LogP contribution in [0.1, 0.15) is 175 Å². The number of methoxy groups -OCH3 is 1. The molecule has 7 aliphatic rings. The molecule has 0 aliphatic carbocycles. The number of para-hydroxylation sites is 1. The number of aromatic amines is 5. The third-order valence-corrected chi connectivity index (χ3v) is 21.5. The molecule has 8 aromatic rings. The van der Waals surface area contributed by atoms with E-state index in [1.165, 1.54) is 12.0 Å². The van der Waals surface area contributed by atoms with E-state index >= 15 is 0 Å². The Morgan fingerprint density at radius 1 is 0.448 bits per heavy atom. The van der Waals surface area contributed by atoms with Crippen molar-refractivity contribution in [1.82, 2.24) is 74.3 Å². The Labute approximate surface area is 682 Å². The maximum atomic E-state index is 12.9. The molecule has 116 heavy (non-hydrogen) atoms. The monoisotopic (exact) mass is 1620 g/mol. The van der Waals surface area contributed by atoms with Gasteiger partial charge in [-0.05, 0) is 78.0 Å². The van der Waals surface area contributed by atoms with Crippen molar-refractivity contribution >= 4 is 48.0 Å². The minimum absolute atomic E-state index is 0.00710. The van der Waals surface area contributed by atoms with E-state index in [2.05, 4.69) is 105 Å². The average Bonchev–Trinajstić information content (AvgIpc) is 1.44. The van der Waals surface area contributed by atoms with Crippen LogP contribution in [0.25, 0.3) is 0 Å². The number of ether oxygens (including phenoxy) is 10. The van der Waals surface area contributed by atoms with Crippen molar-refractivity contribution in [2.45, 2.75) is 163 Å². The molecule has 0 saturated carbocycles. The second kappa shape index (κ2) is 41.8. The van der Waals surface area contributed by atoms with Crippen LogP contribution in [0.5, 0.6) is 11.5 Å². The van der Waals surface area contributed by atoms with Crippen molar-refractivity contribution in [1.29, 1.82) is 0 Å². The van der Waals surface area contributed by atoms with Crippen LogP contribution in [0, 0.1) is 35.5 Å². The number of amides is 5. The summed E-state index contributed by atoms with van der Waals surface area (Å²) in [5, 5.41) is 0.654. The Bertz CT molecular complexity index is 4400. The van der Waals surface area contributed by atoms with Crippen molar-refractivity contribution in [3.8, 4) is 11.5 Å². The number of carbonyl (C=O) groups is 6. The van der Waals surface area contributed by atoms with Crippen LogP contribution in [0.4, 0.5) is 24.0 Å². The maximum Gasteiger partial charge on any atom is 0.411 e. The molecule has 626 valence electrons. The zero-order valence-corrected chi connectivity index (χ0v) is 69.0. The Morgan fingerprint density at radius 3 is 1.26 bits per heavy atom. The number of aromatic nitrogens is 10. The molecule has 4 unspecified atom stereocenters. The van der Waals surface area contributed by atoms with Crippen molar-refractivity contribution in [3.63, 3.8) is 0 Å². The first-order valence-corrected chi connectivity index (χ1v) is 40.6. The van der Waals surface area contributed by atoms with Crippen LogP contribution < -0.4 is 9.47 Å². The van der Waals surface area contributed by atoms with Gasteiger partial charge in [0.2, 0.25) is 0 Å². The summed E-state index contributed by atoms with van der Waals surface area (Å²) in [4.78, 5) is 121. The Balaban J connectivity index is 0.000000143. The topological polar surface area (TPSA) is 354 Å². The van der Waals surface area contributed by atoms with Gasteiger partial charge >= 0.3 is 36.4 Å². The Morgan fingerprint density at radius 2 is 0.845 bits per heavy atom. The molecule has 2 saturated heterocycles. The minimum Gasteiger partial charge on any atom is -0.490 e. The Hall–Kier alpha value is -10.7. The summed E-state index contributed by atoms with van der Waals surface area (Å²) in [6, 6.07) is 24.7. The first kappa shape index (κ1) is 86.2. The number of rotatable bonds is 19. The van der Waals surface area contributed by atoms with Gasteiger partial charge in [0.1, 0.15) is 56.7 Å². The highest BCUT2D eigenvalue weighted by Crippen LogP contribution is 2.40. The van der Waals surface area contributed by atoms with E-state index in [9.17, 15) is 28.8 Å². The van der Waals surface area contributed by atoms with E-state index in [1.807, 2.05) is 84.3 Å². The summed E-state index contributed by atoms with van der Waals surface area (Å²) in [6.07, 6.45) is 11.9. The van der Waals surface area contributed by atoms with Crippen LogP contribution in [0.15, 0.2) is 117 Å². The molecular weight excluding hydrogens is 1510 g/mol. The highest BCUT2D eigenvalue weighted by molar-refractivity contribution is 6.30. The number of nitrogens with zero attached hydrogens (tertiary/aromatic N) is 10. The maximum absolute atomic E-state index is 12.9. The molecule has 2 fully saturated rings. The largest absolute Gasteiger partial charge is 0.490 e. The van der Waals surface area contributed by atoms with Gasteiger partial charge in [-0.15, -0.1) is 0 Å². The number of benzene rings is 3. The first-order valence-electron chi connectivity index (χ1n) is 40.2. The molecule has 3 aromatic carbocycles. The number of hydrogen-bond donors (Lipinski definition) is 5. The molecule has 0 radical (unpaired) electrons. The van der Waals surface area contributed by atoms with Crippen LogP contribution >= 0.6 is 11.6 Å². The smallest absolute Gasteiger partial charge is 0.411 e. The minimum atomic E-state index is -0.747. The number of hydrogen-bond acceptors (Lipinski definition) is 21. The van der Waals surface area contributed by atoms with E-state index in [1.54, 1.807) is 65.7 Å². The third kappa shape index (κ3) is 22.1. The normalized spacial score (nSPS) is 20.4. The SMILES string of the molecule is CC(C)C1c2nc[nH]c2CCN1C(=O)OCC1CCOC1.CC(C)C1c2nc[nH]c2CCN1C(=O)OCCOc1ccc(Cl)cc1.CC(C)C1c2nc[nH]c2CCN1C(=O)OCCOc1ccccc1.CC(C)[C@H]1c2nc[nH]c2CCN1C(=O)O[C@H]1CCOC1.COC(=O)[C@@H]1Cc2[nH]cnc2[C@H](C(C)C)N1C(=O)OCc1ccccc1. The molecule has 0 spiro atoms. The lowest BCUT2D eigenvalue weighted by Crippen LogP contribution is -2.53. The number of carbonyl (C=O) groups excluding carboxylic acids is 6. The second-order valence-electron chi connectivity index (χ2n) is 31.1. The highest BCUT2D eigenvalue weighted by atomic mass is 35.5. The third-order valence-electron chi connectivity index (χ3n) is 21.3. The van der Waals surface area contributed by atoms with Crippen LogP contribution in [-0.2, 0) is 81.4 Å². The fourth-order valence-electron chi connectivity index (χ4n) is 15.7. The van der Waals surface area contributed by atoms with Gasteiger partial charge in [-0.3, -0.25) is 24.5 Å². The predicted octanol–water partition coefficient (Wildman–Crippen LogP) is 13.9. The zero-order chi connectivity index (χ0) is 82.4. The number of fused-ring (bicyclic) bond motifs is 5. The molecular formula is C84H112ClN15O16. The van der Waals surface area contributed by atoms with Crippen molar-refractivity contribution in [2.75, 3.05) is 92.8 Å². The molecule has 7 aliphatic heterocycles. The van der Waals surface area contributed by atoms with Crippen LogP contribution in [-0.4, -0.2) is 216 Å². The molecule has 0 bridgehead atoms. The van der Waals surface area contributed by atoms with Gasteiger partial charge in [-0.1, -0.05) is 129 Å². The lowest BCUT2D eigenvalue weighted by Gasteiger charge is -2.40. The van der Waals surface area contributed by atoms with Crippen LogP contribution in [0.3, 0.4) is 0 Å². The summed E-state index contributed by atoms with van der Waals surface area (Å²) in [7, 11) is 1.32. The van der Waals surface area contributed by atoms with Gasteiger partial charge < -0.3 is 72.3 Å². The van der Waals surface area contributed by atoms with Gasteiger partial charge in [0.25, 0.3) is 0 Å². The van der Waals surface area contributed by atoms with Crippen molar-refractivity contribution in [3.05, 3.63) is 184 Å². The Kier molecular flexibility index (Phi) is 31.0. The summed E-state index contributed by atoms with van der Waals surface area (Å²) in [6.45, 7) is 27.7. The summed E-state index contributed by atoms with van der Waals surface area (Å²) >= 11 is 5.83.